The molecule has 0 aromatic heterocycles. The van der Waals surface area contributed by atoms with E-state index in [1.807, 2.05) is 0 Å². The van der Waals surface area contributed by atoms with E-state index in [1.54, 1.807) is 0 Å². The maximum Gasteiger partial charge on any atom is 0.0687 e. The van der Waals surface area contributed by atoms with Crippen molar-refractivity contribution < 1.29 is 4.74 Å². The van der Waals surface area contributed by atoms with Crippen LogP contribution in [0, 0.1) is 17.3 Å². The van der Waals surface area contributed by atoms with E-state index < -0.39 is 0 Å². The third-order valence-corrected chi connectivity index (χ3v) is 7.13. The second kappa shape index (κ2) is 6.04. The first-order valence-corrected chi connectivity index (χ1v) is 9.66. The van der Waals surface area contributed by atoms with Crippen LogP contribution in [0.2, 0.25) is 0 Å². The molecule has 3 fully saturated rings. The van der Waals surface area contributed by atoms with Crippen molar-refractivity contribution in [2.75, 3.05) is 0 Å². The number of hydrogen-bond donors (Lipinski definition) is 0. The quantitative estimate of drug-likeness (QED) is 0.586. The summed E-state index contributed by atoms with van der Waals surface area (Å²) in [6.07, 6.45) is 13.5. The van der Waals surface area contributed by atoms with Crippen LogP contribution in [-0.4, -0.2) is 17.1 Å². The van der Waals surface area contributed by atoms with Crippen molar-refractivity contribution in [1.29, 1.82) is 0 Å². The summed E-state index contributed by atoms with van der Waals surface area (Å²) < 4.78 is 6.55. The molecule has 4 atom stereocenters. The van der Waals surface area contributed by atoms with Crippen molar-refractivity contribution in [2.45, 2.75) is 102 Å². The minimum Gasteiger partial charge on any atom is -0.372 e. The Labute approximate surface area is 136 Å². The van der Waals surface area contributed by atoms with Crippen LogP contribution in [0.25, 0.3) is 0 Å². The van der Waals surface area contributed by atoms with Gasteiger partial charge in [-0.1, -0.05) is 40.0 Å². The Kier molecular flexibility index (Phi) is 4.64. The first-order valence-electron chi connectivity index (χ1n) is 9.22. The van der Waals surface area contributed by atoms with Crippen molar-refractivity contribution in [1.82, 2.24) is 0 Å². The molecule has 1 nitrogen and oxygen atoms in total. The third kappa shape index (κ3) is 3.44. The highest BCUT2D eigenvalue weighted by molar-refractivity contribution is 6.20. The summed E-state index contributed by atoms with van der Waals surface area (Å²) in [5.74, 6) is 1.48. The largest absolute Gasteiger partial charge is 0.372 e. The van der Waals surface area contributed by atoms with E-state index in [4.69, 9.17) is 16.3 Å². The Bertz CT molecular complexity index is 359. The highest BCUT2D eigenvalue weighted by Crippen LogP contribution is 2.49. The molecule has 0 aromatic rings. The normalized spacial score (nSPS) is 40.0. The van der Waals surface area contributed by atoms with Crippen LogP contribution in [-0.2, 0) is 4.74 Å². The van der Waals surface area contributed by atoms with Crippen LogP contribution in [0.3, 0.4) is 0 Å². The van der Waals surface area contributed by atoms with Gasteiger partial charge in [-0.25, -0.2) is 0 Å². The first-order chi connectivity index (χ1) is 9.90. The molecule has 1 spiro atoms. The summed E-state index contributed by atoms with van der Waals surface area (Å²) in [6, 6.07) is 0. The van der Waals surface area contributed by atoms with Crippen molar-refractivity contribution in [3.05, 3.63) is 0 Å². The van der Waals surface area contributed by atoms with Crippen LogP contribution >= 0.6 is 11.6 Å². The van der Waals surface area contributed by atoms with Crippen LogP contribution < -0.4 is 0 Å². The SMILES string of the molecule is CC1CCC(C(C)(C)CC2CCC3(CCCC3)O2)C(Cl)C1. The topological polar surface area (TPSA) is 9.23 Å². The van der Waals surface area contributed by atoms with Crippen LogP contribution in [0.1, 0.15) is 85.0 Å². The second-order valence-corrected chi connectivity index (χ2v) is 9.46. The Balaban J connectivity index is 1.58. The van der Waals surface area contributed by atoms with E-state index in [0.29, 0.717) is 22.8 Å². The van der Waals surface area contributed by atoms with E-state index in [9.17, 15) is 0 Å². The van der Waals surface area contributed by atoms with Gasteiger partial charge in [0.25, 0.3) is 0 Å². The smallest absolute Gasteiger partial charge is 0.0687 e. The molecule has 122 valence electrons. The predicted molar refractivity (Wildman–Crippen MR) is 89.9 cm³/mol. The zero-order valence-electron chi connectivity index (χ0n) is 14.2. The van der Waals surface area contributed by atoms with Crippen molar-refractivity contribution >= 4 is 11.6 Å². The first kappa shape index (κ1) is 16.1. The second-order valence-electron chi connectivity index (χ2n) is 8.90. The molecule has 3 rings (SSSR count). The lowest BCUT2D eigenvalue weighted by Gasteiger charge is -2.43. The van der Waals surface area contributed by atoms with Gasteiger partial charge in [0.1, 0.15) is 0 Å². The Morgan fingerprint density at radius 2 is 1.81 bits per heavy atom. The lowest BCUT2D eigenvalue weighted by molar-refractivity contribution is -0.0582. The molecule has 0 bridgehead atoms. The third-order valence-electron chi connectivity index (χ3n) is 6.65. The maximum atomic E-state index is 6.73. The molecule has 4 unspecified atom stereocenters. The summed E-state index contributed by atoms with van der Waals surface area (Å²) >= 11 is 6.73. The minimum atomic E-state index is 0.280. The van der Waals surface area contributed by atoms with Gasteiger partial charge in [-0.15, -0.1) is 11.6 Å². The fraction of sp³-hybridized carbons (Fsp3) is 1.00. The molecular formula is C19H33ClO. The molecule has 0 aromatic carbocycles. The molecule has 0 amide bonds. The van der Waals surface area contributed by atoms with Gasteiger partial charge in [-0.3, -0.25) is 0 Å². The number of hydrogen-bond acceptors (Lipinski definition) is 1. The molecule has 1 aliphatic heterocycles. The zero-order valence-corrected chi connectivity index (χ0v) is 14.9. The summed E-state index contributed by atoms with van der Waals surface area (Å²) in [4.78, 5) is 0. The molecule has 0 N–H and O–H groups in total. The summed E-state index contributed by atoms with van der Waals surface area (Å²) in [7, 11) is 0. The summed E-state index contributed by atoms with van der Waals surface area (Å²) in [5.41, 5.74) is 0.601. The maximum absolute atomic E-state index is 6.73. The van der Waals surface area contributed by atoms with Crippen LogP contribution in [0.15, 0.2) is 0 Å². The molecule has 2 saturated carbocycles. The van der Waals surface area contributed by atoms with Gasteiger partial charge in [-0.2, -0.15) is 0 Å². The fourth-order valence-corrected chi connectivity index (χ4v) is 6.13. The van der Waals surface area contributed by atoms with Gasteiger partial charge in [-0.05, 0) is 62.2 Å². The van der Waals surface area contributed by atoms with Gasteiger partial charge in [0.2, 0.25) is 0 Å². The van der Waals surface area contributed by atoms with Gasteiger partial charge in [0.05, 0.1) is 11.7 Å². The Hall–Kier alpha value is 0.250. The van der Waals surface area contributed by atoms with Crippen LogP contribution in [0.4, 0.5) is 0 Å². The molecule has 21 heavy (non-hydrogen) atoms. The van der Waals surface area contributed by atoms with Crippen LogP contribution in [0.5, 0.6) is 0 Å². The number of halogens is 1. The highest BCUT2D eigenvalue weighted by atomic mass is 35.5. The number of alkyl halides is 1. The molecular weight excluding hydrogens is 280 g/mol. The van der Waals surface area contributed by atoms with Crippen molar-refractivity contribution in [3.8, 4) is 0 Å². The standard InChI is InChI=1S/C19H33ClO/c1-14-6-7-16(17(20)12-14)18(2,3)13-15-8-11-19(21-15)9-4-5-10-19/h14-17H,4-13H2,1-3H3. The molecule has 0 radical (unpaired) electrons. The molecule has 3 aliphatic rings. The minimum absolute atomic E-state index is 0.280. The van der Waals surface area contributed by atoms with Crippen molar-refractivity contribution in [2.24, 2.45) is 17.3 Å². The molecule has 2 heteroatoms. The van der Waals surface area contributed by atoms with E-state index in [2.05, 4.69) is 20.8 Å². The summed E-state index contributed by atoms with van der Waals surface area (Å²) in [5, 5.41) is 0.366. The molecule has 1 saturated heterocycles. The Morgan fingerprint density at radius 1 is 1.10 bits per heavy atom. The lowest BCUT2D eigenvalue weighted by atomic mass is 9.66. The highest BCUT2D eigenvalue weighted by Gasteiger charge is 2.45. The summed E-state index contributed by atoms with van der Waals surface area (Å²) in [6.45, 7) is 7.22. The van der Waals surface area contributed by atoms with E-state index in [0.717, 1.165) is 5.92 Å². The average Bonchev–Trinajstić information content (AvgIpc) is 2.99. The predicted octanol–water partition coefficient (Wildman–Crippen LogP) is 5.94. The van der Waals surface area contributed by atoms with Gasteiger partial charge in [0.15, 0.2) is 0 Å². The van der Waals surface area contributed by atoms with E-state index in [1.165, 1.54) is 64.2 Å². The zero-order chi connectivity index (χ0) is 15.1. The van der Waals surface area contributed by atoms with E-state index >= 15 is 0 Å². The fourth-order valence-electron chi connectivity index (χ4n) is 5.36. The van der Waals surface area contributed by atoms with Crippen molar-refractivity contribution in [3.63, 3.8) is 0 Å². The number of ether oxygens (including phenoxy) is 1. The molecule has 1 heterocycles. The number of rotatable bonds is 3. The van der Waals surface area contributed by atoms with Gasteiger partial charge >= 0.3 is 0 Å². The monoisotopic (exact) mass is 312 g/mol. The lowest BCUT2D eigenvalue weighted by Crippen LogP contribution is -2.38. The van der Waals surface area contributed by atoms with Gasteiger partial charge < -0.3 is 4.74 Å². The molecule has 2 aliphatic carbocycles. The Morgan fingerprint density at radius 3 is 2.48 bits per heavy atom. The average molecular weight is 313 g/mol. The van der Waals surface area contributed by atoms with Gasteiger partial charge in [0, 0.05) is 5.38 Å². The van der Waals surface area contributed by atoms with E-state index in [-0.39, 0.29) is 5.60 Å².